The Morgan fingerprint density at radius 3 is 2.53 bits per heavy atom. The summed E-state index contributed by atoms with van der Waals surface area (Å²) in [5.74, 6) is 0.768. The predicted molar refractivity (Wildman–Crippen MR) is 57.3 cm³/mol. The number of benzene rings is 1. The Kier molecular flexibility index (Phi) is 3.59. The van der Waals surface area contributed by atoms with E-state index in [1.165, 1.54) is 0 Å². The molecule has 19 heavy (non-hydrogen) atoms. The molecular formula is C10H9F3O5S. The lowest BCUT2D eigenvalue weighted by molar-refractivity contribution is -0.0572. The molecule has 0 spiro atoms. The molecule has 0 aromatic heterocycles. The third kappa shape index (κ3) is 3.10. The molecule has 0 bridgehead atoms. The summed E-state index contributed by atoms with van der Waals surface area (Å²) in [6.07, 6.45) is -0.924. The number of hydrogen-bond donors (Lipinski definition) is 0. The third-order valence-electron chi connectivity index (χ3n) is 2.26. The second-order valence-corrected chi connectivity index (χ2v) is 5.29. The molecule has 1 atom stereocenters. The Hall–Kier alpha value is -1.48. The maximum Gasteiger partial charge on any atom is 0.523 e. The Morgan fingerprint density at radius 2 is 1.89 bits per heavy atom. The molecule has 0 aliphatic carbocycles. The van der Waals surface area contributed by atoms with Gasteiger partial charge in [0.25, 0.3) is 0 Å². The average molecular weight is 298 g/mol. The molecule has 106 valence electrons. The number of fused-ring (bicyclic) bond motifs is 1. The van der Waals surface area contributed by atoms with Crippen molar-refractivity contribution in [3.05, 3.63) is 24.3 Å². The minimum atomic E-state index is -5.61. The van der Waals surface area contributed by atoms with Gasteiger partial charge in [-0.3, -0.25) is 4.18 Å². The molecule has 0 amide bonds. The molecule has 1 aromatic rings. The molecule has 0 N–H and O–H groups in total. The first-order chi connectivity index (χ1) is 8.79. The highest BCUT2D eigenvalue weighted by molar-refractivity contribution is 7.87. The first kappa shape index (κ1) is 13.9. The summed E-state index contributed by atoms with van der Waals surface area (Å²) < 4.78 is 71.9. The van der Waals surface area contributed by atoms with E-state index in [-0.39, 0.29) is 6.61 Å². The molecule has 1 heterocycles. The second-order valence-electron chi connectivity index (χ2n) is 3.68. The van der Waals surface area contributed by atoms with Crippen LogP contribution in [0.5, 0.6) is 11.5 Å². The van der Waals surface area contributed by atoms with Gasteiger partial charge >= 0.3 is 15.6 Å². The lowest BCUT2D eigenvalue weighted by Gasteiger charge is -2.26. The van der Waals surface area contributed by atoms with Gasteiger partial charge in [-0.2, -0.15) is 21.6 Å². The normalized spacial score (nSPS) is 19.2. The Labute approximate surface area is 107 Å². The van der Waals surface area contributed by atoms with Crippen molar-refractivity contribution >= 4 is 10.1 Å². The van der Waals surface area contributed by atoms with Crippen molar-refractivity contribution in [2.45, 2.75) is 11.6 Å². The van der Waals surface area contributed by atoms with Crippen molar-refractivity contribution in [2.24, 2.45) is 0 Å². The third-order valence-corrected chi connectivity index (χ3v) is 3.27. The molecule has 1 aliphatic rings. The van der Waals surface area contributed by atoms with E-state index in [2.05, 4.69) is 4.18 Å². The summed E-state index contributed by atoms with van der Waals surface area (Å²) in [6.45, 7) is -0.861. The van der Waals surface area contributed by atoms with Crippen LogP contribution in [0, 0.1) is 0 Å². The van der Waals surface area contributed by atoms with Crippen LogP contribution < -0.4 is 9.47 Å². The zero-order chi connectivity index (χ0) is 14.1. The average Bonchev–Trinajstić information content (AvgIpc) is 2.35. The van der Waals surface area contributed by atoms with Crippen LogP contribution in [-0.4, -0.2) is 33.2 Å². The summed E-state index contributed by atoms with van der Waals surface area (Å²) in [5, 5.41) is 0. The Balaban J connectivity index is 1.97. The van der Waals surface area contributed by atoms with Crippen LogP contribution in [0.25, 0.3) is 0 Å². The molecular weight excluding hydrogens is 289 g/mol. The van der Waals surface area contributed by atoms with Gasteiger partial charge < -0.3 is 9.47 Å². The van der Waals surface area contributed by atoms with E-state index in [4.69, 9.17) is 9.47 Å². The first-order valence-corrected chi connectivity index (χ1v) is 6.54. The van der Waals surface area contributed by atoms with Gasteiger partial charge in [0.1, 0.15) is 13.2 Å². The highest BCUT2D eigenvalue weighted by Crippen LogP contribution is 2.31. The van der Waals surface area contributed by atoms with Crippen molar-refractivity contribution in [1.82, 2.24) is 0 Å². The number of hydrogen-bond acceptors (Lipinski definition) is 5. The van der Waals surface area contributed by atoms with Gasteiger partial charge in [-0.1, -0.05) is 12.1 Å². The predicted octanol–water partition coefficient (Wildman–Crippen LogP) is 1.69. The van der Waals surface area contributed by atoms with Crippen LogP contribution in [0.4, 0.5) is 13.2 Å². The number of alkyl halides is 3. The maximum atomic E-state index is 12.0. The van der Waals surface area contributed by atoms with E-state index in [0.717, 1.165) is 0 Å². The maximum absolute atomic E-state index is 12.0. The van der Waals surface area contributed by atoms with Crippen LogP contribution in [0.1, 0.15) is 0 Å². The smallest absolute Gasteiger partial charge is 0.486 e. The highest BCUT2D eigenvalue weighted by Gasteiger charge is 2.47. The quantitative estimate of drug-likeness (QED) is 0.628. The van der Waals surface area contributed by atoms with E-state index < -0.39 is 28.3 Å². The minimum Gasteiger partial charge on any atom is -0.486 e. The molecule has 9 heteroatoms. The molecule has 0 saturated heterocycles. The monoisotopic (exact) mass is 298 g/mol. The largest absolute Gasteiger partial charge is 0.523 e. The van der Waals surface area contributed by atoms with Crippen molar-refractivity contribution in [3.8, 4) is 11.5 Å². The summed E-state index contributed by atoms with van der Waals surface area (Å²) in [6, 6.07) is 6.53. The van der Waals surface area contributed by atoms with Gasteiger partial charge in [0, 0.05) is 0 Å². The molecule has 1 unspecified atom stereocenters. The number of halogens is 3. The van der Waals surface area contributed by atoms with Crippen molar-refractivity contribution in [1.29, 1.82) is 0 Å². The van der Waals surface area contributed by atoms with Crippen LogP contribution in [0.15, 0.2) is 24.3 Å². The molecule has 0 fully saturated rings. The molecule has 1 aromatic carbocycles. The fraction of sp³-hybridized carbons (Fsp3) is 0.400. The van der Waals surface area contributed by atoms with E-state index in [1.54, 1.807) is 24.3 Å². The fourth-order valence-electron chi connectivity index (χ4n) is 1.38. The second kappa shape index (κ2) is 4.89. The highest BCUT2D eigenvalue weighted by atomic mass is 32.2. The van der Waals surface area contributed by atoms with Gasteiger partial charge in [0.15, 0.2) is 17.6 Å². The van der Waals surface area contributed by atoms with Gasteiger partial charge in [-0.15, -0.1) is 0 Å². The lowest BCUT2D eigenvalue weighted by Crippen LogP contribution is -2.36. The molecule has 0 radical (unpaired) electrons. The van der Waals surface area contributed by atoms with Crippen molar-refractivity contribution < 1.29 is 35.2 Å². The van der Waals surface area contributed by atoms with E-state index in [1.807, 2.05) is 0 Å². The summed E-state index contributed by atoms with van der Waals surface area (Å²) in [7, 11) is -5.61. The fourth-order valence-corrected chi connectivity index (χ4v) is 1.84. The summed E-state index contributed by atoms with van der Waals surface area (Å²) >= 11 is 0. The van der Waals surface area contributed by atoms with E-state index >= 15 is 0 Å². The van der Waals surface area contributed by atoms with E-state index in [9.17, 15) is 21.6 Å². The number of ether oxygens (including phenoxy) is 2. The zero-order valence-electron chi connectivity index (χ0n) is 9.38. The first-order valence-electron chi connectivity index (χ1n) is 5.14. The Morgan fingerprint density at radius 1 is 1.26 bits per heavy atom. The number of rotatable bonds is 3. The van der Waals surface area contributed by atoms with Crippen molar-refractivity contribution in [2.75, 3.05) is 13.2 Å². The topological polar surface area (TPSA) is 61.8 Å². The van der Waals surface area contributed by atoms with Crippen molar-refractivity contribution in [3.63, 3.8) is 0 Å². The molecule has 0 saturated carbocycles. The molecule has 1 aliphatic heterocycles. The van der Waals surface area contributed by atoms with Crippen LogP contribution in [-0.2, 0) is 14.3 Å². The van der Waals surface area contributed by atoms with Gasteiger partial charge in [-0.05, 0) is 12.1 Å². The number of para-hydroxylation sites is 2. The summed E-state index contributed by atoms with van der Waals surface area (Å²) in [5.41, 5.74) is -5.44. The standard InChI is InChI=1S/C10H9F3O5S/c11-10(12,13)19(14,15)17-6-7-5-16-8-3-1-2-4-9(8)18-7/h1-4,7H,5-6H2. The molecule has 2 rings (SSSR count). The van der Waals surface area contributed by atoms with Crippen LogP contribution >= 0.6 is 0 Å². The van der Waals surface area contributed by atoms with Crippen LogP contribution in [0.2, 0.25) is 0 Å². The van der Waals surface area contributed by atoms with Crippen LogP contribution in [0.3, 0.4) is 0 Å². The summed E-state index contributed by atoms with van der Waals surface area (Å²) in [4.78, 5) is 0. The van der Waals surface area contributed by atoms with Gasteiger partial charge in [-0.25, -0.2) is 0 Å². The van der Waals surface area contributed by atoms with E-state index in [0.29, 0.717) is 11.5 Å². The minimum absolute atomic E-state index is 0.0929. The SMILES string of the molecule is O=S(=O)(OCC1COc2ccccc2O1)C(F)(F)F. The molecule has 5 nitrogen and oxygen atoms in total. The Bertz CT molecular complexity index is 555. The van der Waals surface area contributed by atoms with Gasteiger partial charge in [0.05, 0.1) is 0 Å². The lowest BCUT2D eigenvalue weighted by atomic mass is 10.3. The zero-order valence-corrected chi connectivity index (χ0v) is 10.2. The van der Waals surface area contributed by atoms with Gasteiger partial charge in [0.2, 0.25) is 0 Å².